The normalized spacial score (nSPS) is 18.2. The fraction of sp³-hybridized carbons (Fsp3) is 0.632. The third kappa shape index (κ3) is 4.30. The van der Waals surface area contributed by atoms with Crippen molar-refractivity contribution in [3.8, 4) is 0 Å². The Bertz CT molecular complexity index is 622. The minimum absolute atomic E-state index is 0.0596. The number of anilines is 1. The number of para-hydroxylation sites is 2. The van der Waals surface area contributed by atoms with Gasteiger partial charge in [0.25, 0.3) is 5.69 Å². The SMILES string of the molecule is CCCN(CC1CC1)C(=O)C1CCN(c2ccccc2[N+](=O)[O-])CC1. The quantitative estimate of drug-likeness (QED) is 0.561. The number of rotatable bonds is 7. The predicted molar refractivity (Wildman–Crippen MR) is 97.6 cm³/mol. The van der Waals surface area contributed by atoms with Gasteiger partial charge in [-0.2, -0.15) is 0 Å². The van der Waals surface area contributed by atoms with E-state index in [1.54, 1.807) is 18.2 Å². The number of hydrogen-bond donors (Lipinski definition) is 0. The highest BCUT2D eigenvalue weighted by molar-refractivity contribution is 5.79. The molecule has 2 aliphatic rings. The van der Waals surface area contributed by atoms with Gasteiger partial charge in [0, 0.05) is 38.2 Å². The molecule has 1 amide bonds. The second kappa shape index (κ2) is 7.85. The second-order valence-electron chi connectivity index (χ2n) is 7.23. The molecule has 2 fully saturated rings. The van der Waals surface area contributed by atoms with Gasteiger partial charge in [-0.15, -0.1) is 0 Å². The number of nitrogens with zero attached hydrogens (tertiary/aromatic N) is 3. The molecule has 25 heavy (non-hydrogen) atoms. The summed E-state index contributed by atoms with van der Waals surface area (Å²) in [5.74, 6) is 1.06. The summed E-state index contributed by atoms with van der Waals surface area (Å²) in [5.41, 5.74) is 0.815. The molecule has 1 aliphatic heterocycles. The molecule has 0 aromatic heterocycles. The Morgan fingerprint density at radius 2 is 1.92 bits per heavy atom. The highest BCUT2D eigenvalue weighted by Gasteiger charge is 2.33. The molecule has 136 valence electrons. The summed E-state index contributed by atoms with van der Waals surface area (Å²) < 4.78 is 0. The standard InChI is InChI=1S/C19H27N3O3/c1-2-11-21(14-15-7-8-15)19(23)16-9-12-20(13-10-16)17-5-3-4-6-18(17)22(24)25/h3-6,15-16H,2,7-14H2,1H3. The number of nitro groups is 1. The lowest BCUT2D eigenvalue weighted by Crippen LogP contribution is -2.43. The minimum atomic E-state index is -0.328. The number of benzene rings is 1. The average molecular weight is 345 g/mol. The molecule has 3 rings (SSSR count). The van der Waals surface area contributed by atoms with E-state index in [1.807, 2.05) is 11.0 Å². The van der Waals surface area contributed by atoms with Crippen LogP contribution in [0.3, 0.4) is 0 Å². The van der Waals surface area contributed by atoms with Crippen molar-refractivity contribution in [1.29, 1.82) is 0 Å². The van der Waals surface area contributed by atoms with Crippen LogP contribution in [-0.4, -0.2) is 41.9 Å². The second-order valence-corrected chi connectivity index (χ2v) is 7.23. The van der Waals surface area contributed by atoms with E-state index >= 15 is 0 Å². The molecular weight excluding hydrogens is 318 g/mol. The minimum Gasteiger partial charge on any atom is -0.366 e. The number of piperidine rings is 1. The van der Waals surface area contributed by atoms with Gasteiger partial charge in [-0.3, -0.25) is 14.9 Å². The fourth-order valence-corrected chi connectivity index (χ4v) is 3.68. The number of hydrogen-bond acceptors (Lipinski definition) is 4. The van der Waals surface area contributed by atoms with Crippen molar-refractivity contribution >= 4 is 17.3 Å². The van der Waals surface area contributed by atoms with Crippen LogP contribution in [0.15, 0.2) is 24.3 Å². The molecule has 0 N–H and O–H groups in total. The average Bonchev–Trinajstić information content (AvgIpc) is 3.45. The molecular formula is C19H27N3O3. The molecule has 0 radical (unpaired) electrons. The van der Waals surface area contributed by atoms with Crippen LogP contribution in [-0.2, 0) is 4.79 Å². The van der Waals surface area contributed by atoms with Crippen molar-refractivity contribution in [2.24, 2.45) is 11.8 Å². The zero-order chi connectivity index (χ0) is 17.8. The Morgan fingerprint density at radius 1 is 1.24 bits per heavy atom. The first-order chi connectivity index (χ1) is 12.1. The van der Waals surface area contributed by atoms with E-state index in [0.717, 1.165) is 32.4 Å². The van der Waals surface area contributed by atoms with Crippen molar-refractivity contribution in [2.75, 3.05) is 31.1 Å². The van der Waals surface area contributed by atoms with Crippen LogP contribution in [0.25, 0.3) is 0 Å². The topological polar surface area (TPSA) is 66.7 Å². The van der Waals surface area contributed by atoms with Crippen LogP contribution in [0.5, 0.6) is 0 Å². The molecule has 0 bridgehead atoms. The first-order valence-corrected chi connectivity index (χ1v) is 9.37. The van der Waals surface area contributed by atoms with Gasteiger partial charge in [-0.25, -0.2) is 0 Å². The van der Waals surface area contributed by atoms with Crippen molar-refractivity contribution in [3.63, 3.8) is 0 Å². The molecule has 1 aliphatic carbocycles. The van der Waals surface area contributed by atoms with Crippen LogP contribution in [0.1, 0.15) is 39.0 Å². The van der Waals surface area contributed by atoms with E-state index < -0.39 is 0 Å². The summed E-state index contributed by atoms with van der Waals surface area (Å²) in [4.78, 5) is 27.9. The van der Waals surface area contributed by atoms with Gasteiger partial charge in [0.15, 0.2) is 0 Å². The predicted octanol–water partition coefficient (Wildman–Crippen LogP) is 3.46. The molecule has 0 atom stereocenters. The Hall–Kier alpha value is -2.11. The van der Waals surface area contributed by atoms with Crippen molar-refractivity contribution in [1.82, 2.24) is 4.90 Å². The lowest BCUT2D eigenvalue weighted by molar-refractivity contribution is -0.384. The molecule has 0 unspecified atom stereocenters. The Kier molecular flexibility index (Phi) is 5.56. The zero-order valence-electron chi connectivity index (χ0n) is 14.9. The lowest BCUT2D eigenvalue weighted by Gasteiger charge is -2.35. The Balaban J connectivity index is 1.61. The monoisotopic (exact) mass is 345 g/mol. The number of amides is 1. The summed E-state index contributed by atoms with van der Waals surface area (Å²) in [5, 5.41) is 11.2. The molecule has 1 aromatic rings. The molecule has 0 spiro atoms. The maximum Gasteiger partial charge on any atom is 0.292 e. The highest BCUT2D eigenvalue weighted by Crippen LogP contribution is 2.33. The van der Waals surface area contributed by atoms with Gasteiger partial charge in [-0.05, 0) is 44.1 Å². The molecule has 1 aromatic carbocycles. The van der Waals surface area contributed by atoms with E-state index in [0.29, 0.717) is 24.7 Å². The number of carbonyl (C=O) groups is 1. The molecule has 1 saturated heterocycles. The van der Waals surface area contributed by atoms with Gasteiger partial charge >= 0.3 is 0 Å². The molecule has 6 heteroatoms. The van der Waals surface area contributed by atoms with Crippen LogP contribution >= 0.6 is 0 Å². The summed E-state index contributed by atoms with van der Waals surface area (Å²) in [7, 11) is 0. The van der Waals surface area contributed by atoms with Gasteiger partial charge in [0.05, 0.1) is 4.92 Å². The summed E-state index contributed by atoms with van der Waals surface area (Å²) in [6, 6.07) is 6.87. The summed E-state index contributed by atoms with van der Waals surface area (Å²) in [6.07, 6.45) is 5.05. The Labute approximate surface area is 148 Å². The van der Waals surface area contributed by atoms with E-state index in [4.69, 9.17) is 0 Å². The van der Waals surface area contributed by atoms with Gasteiger partial charge in [-0.1, -0.05) is 19.1 Å². The summed E-state index contributed by atoms with van der Waals surface area (Å²) in [6.45, 7) is 5.27. The van der Waals surface area contributed by atoms with Crippen LogP contribution in [0.2, 0.25) is 0 Å². The first kappa shape index (κ1) is 17.7. The smallest absolute Gasteiger partial charge is 0.292 e. The summed E-state index contributed by atoms with van der Waals surface area (Å²) >= 11 is 0. The Morgan fingerprint density at radius 3 is 2.52 bits per heavy atom. The zero-order valence-corrected chi connectivity index (χ0v) is 14.9. The maximum absolute atomic E-state index is 12.9. The van der Waals surface area contributed by atoms with Crippen molar-refractivity contribution in [2.45, 2.75) is 39.0 Å². The highest BCUT2D eigenvalue weighted by atomic mass is 16.6. The van der Waals surface area contributed by atoms with Crippen LogP contribution < -0.4 is 4.90 Å². The van der Waals surface area contributed by atoms with E-state index in [2.05, 4.69) is 11.8 Å². The third-order valence-electron chi connectivity index (χ3n) is 5.24. The fourth-order valence-electron chi connectivity index (χ4n) is 3.68. The van der Waals surface area contributed by atoms with Crippen molar-refractivity contribution < 1.29 is 9.72 Å². The van der Waals surface area contributed by atoms with Crippen LogP contribution in [0, 0.1) is 22.0 Å². The van der Waals surface area contributed by atoms with E-state index in [9.17, 15) is 14.9 Å². The molecule has 1 heterocycles. The van der Waals surface area contributed by atoms with E-state index in [-0.39, 0.29) is 22.4 Å². The van der Waals surface area contributed by atoms with Crippen molar-refractivity contribution in [3.05, 3.63) is 34.4 Å². The van der Waals surface area contributed by atoms with Crippen LogP contribution in [0.4, 0.5) is 11.4 Å². The number of carbonyl (C=O) groups excluding carboxylic acids is 1. The van der Waals surface area contributed by atoms with Gasteiger partial charge in [0.2, 0.25) is 5.91 Å². The molecule has 6 nitrogen and oxygen atoms in total. The largest absolute Gasteiger partial charge is 0.366 e. The number of nitro benzene ring substituents is 1. The van der Waals surface area contributed by atoms with E-state index in [1.165, 1.54) is 12.8 Å². The van der Waals surface area contributed by atoms with Gasteiger partial charge in [0.1, 0.15) is 5.69 Å². The third-order valence-corrected chi connectivity index (χ3v) is 5.24. The molecule has 1 saturated carbocycles. The lowest BCUT2D eigenvalue weighted by atomic mass is 9.94. The maximum atomic E-state index is 12.9. The first-order valence-electron chi connectivity index (χ1n) is 9.37. The van der Waals surface area contributed by atoms with Gasteiger partial charge < -0.3 is 9.80 Å².